The van der Waals surface area contributed by atoms with Crippen LogP contribution in [-0.2, 0) is 4.74 Å². The number of furan rings is 1. The van der Waals surface area contributed by atoms with Crippen molar-refractivity contribution in [2.75, 3.05) is 6.61 Å². The molecule has 0 aliphatic rings. The molecule has 0 saturated carbocycles. The lowest BCUT2D eigenvalue weighted by atomic mass is 10.1. The molecule has 3 nitrogen and oxygen atoms in total. The van der Waals surface area contributed by atoms with Gasteiger partial charge in [0.25, 0.3) is 0 Å². The van der Waals surface area contributed by atoms with Crippen molar-refractivity contribution >= 4 is 23.0 Å². The number of rotatable bonds is 3. The summed E-state index contributed by atoms with van der Waals surface area (Å²) in [5.41, 5.74) is 2.14. The van der Waals surface area contributed by atoms with Crippen LogP contribution < -0.4 is 0 Å². The Hall–Kier alpha value is -2.03. The van der Waals surface area contributed by atoms with Crippen LogP contribution in [0.15, 0.2) is 29.2 Å². The number of benzene rings is 1. The average Bonchev–Trinajstić information content (AvgIpc) is 2.76. The molecule has 0 fully saturated rings. The van der Waals surface area contributed by atoms with Gasteiger partial charge in [-0.15, -0.1) is 0 Å². The number of aryl methyl sites for hydroxylation is 1. The Labute approximate surface area is 113 Å². The van der Waals surface area contributed by atoms with Crippen LogP contribution >= 0.6 is 0 Å². The molecule has 1 aromatic heterocycles. The van der Waals surface area contributed by atoms with E-state index < -0.39 is 0 Å². The fourth-order valence-electron chi connectivity index (χ4n) is 1.82. The van der Waals surface area contributed by atoms with E-state index in [0.717, 1.165) is 10.9 Å². The molecule has 0 N–H and O–H groups in total. The predicted octanol–water partition coefficient (Wildman–Crippen LogP) is 4.59. The first-order valence-electron chi connectivity index (χ1n) is 6.50. The van der Waals surface area contributed by atoms with Crippen molar-refractivity contribution < 1.29 is 13.9 Å². The van der Waals surface area contributed by atoms with E-state index in [4.69, 9.17) is 9.15 Å². The van der Waals surface area contributed by atoms with Crippen molar-refractivity contribution in [3.63, 3.8) is 0 Å². The summed E-state index contributed by atoms with van der Waals surface area (Å²) >= 11 is 0. The minimum absolute atomic E-state index is 0.343. The van der Waals surface area contributed by atoms with Gasteiger partial charge in [-0.2, -0.15) is 0 Å². The fourth-order valence-corrected chi connectivity index (χ4v) is 1.82. The fraction of sp³-hybridized carbons (Fsp3) is 0.312. The summed E-state index contributed by atoms with van der Waals surface area (Å²) in [6.45, 7) is 11.6. The highest BCUT2D eigenvalue weighted by Crippen LogP contribution is 2.27. The molecule has 3 heteroatoms. The number of carbonyl (C=O) groups is 1. The highest BCUT2D eigenvalue weighted by molar-refractivity contribution is 6.05. The van der Waals surface area contributed by atoms with Crippen molar-refractivity contribution in [1.82, 2.24) is 0 Å². The van der Waals surface area contributed by atoms with Crippen molar-refractivity contribution in [3.8, 4) is 0 Å². The molecule has 0 unspecified atom stereocenters. The molecule has 0 atom stereocenters. The van der Waals surface area contributed by atoms with Gasteiger partial charge in [-0.25, -0.2) is 4.79 Å². The monoisotopic (exact) mass is 260 g/mol. The third kappa shape index (κ3) is 3.05. The molecule has 0 aliphatic heterocycles. The maximum absolute atomic E-state index is 11.8. The molecule has 0 amide bonds. The Kier molecular flexibility index (Phi) is 5.37. The van der Waals surface area contributed by atoms with E-state index in [1.54, 1.807) is 19.9 Å². The average molecular weight is 260 g/mol. The van der Waals surface area contributed by atoms with Gasteiger partial charge in [-0.05, 0) is 31.5 Å². The van der Waals surface area contributed by atoms with Gasteiger partial charge in [0.1, 0.15) is 16.9 Å². The van der Waals surface area contributed by atoms with E-state index in [-0.39, 0.29) is 5.97 Å². The number of carbonyl (C=O) groups excluding carboxylic acids is 1. The molecule has 1 heterocycles. The number of ether oxygens (including phenoxy) is 1. The Morgan fingerprint density at radius 2 is 2.11 bits per heavy atom. The molecule has 0 bridgehead atoms. The Bertz CT molecular complexity index is 579. The summed E-state index contributed by atoms with van der Waals surface area (Å²) in [5, 5.41) is 0.776. The summed E-state index contributed by atoms with van der Waals surface area (Å²) in [5.74, 6) is 0.240. The lowest BCUT2D eigenvalue weighted by molar-refractivity contribution is 0.0526. The van der Waals surface area contributed by atoms with Crippen LogP contribution in [-0.4, -0.2) is 12.6 Å². The summed E-state index contributed by atoms with van der Waals surface area (Å²) in [4.78, 5) is 11.8. The van der Waals surface area contributed by atoms with E-state index >= 15 is 0 Å². The standard InChI is InChI=1S/C14H14O3.C2H6/c1-4-10-6-7-12-11(8-10)13(9(3)17-12)14(15)16-5-2;1-2/h4,6-8H,1,5H2,2-3H3;1-2H3. The first-order valence-corrected chi connectivity index (χ1v) is 6.50. The minimum atomic E-state index is -0.343. The topological polar surface area (TPSA) is 39.4 Å². The third-order valence-electron chi connectivity index (χ3n) is 2.60. The van der Waals surface area contributed by atoms with Crippen LogP contribution in [0.4, 0.5) is 0 Å². The quantitative estimate of drug-likeness (QED) is 0.758. The third-order valence-corrected chi connectivity index (χ3v) is 2.60. The highest BCUT2D eigenvalue weighted by Gasteiger charge is 2.19. The Balaban J connectivity index is 0.000000861. The van der Waals surface area contributed by atoms with Crippen LogP contribution in [0.5, 0.6) is 0 Å². The van der Waals surface area contributed by atoms with Gasteiger partial charge in [-0.1, -0.05) is 32.6 Å². The predicted molar refractivity (Wildman–Crippen MR) is 78.3 cm³/mol. The molecule has 0 radical (unpaired) electrons. The van der Waals surface area contributed by atoms with Crippen molar-refractivity contribution in [1.29, 1.82) is 0 Å². The minimum Gasteiger partial charge on any atom is -0.462 e. The molecule has 19 heavy (non-hydrogen) atoms. The molecule has 0 aliphatic carbocycles. The van der Waals surface area contributed by atoms with E-state index in [0.29, 0.717) is 23.5 Å². The second-order valence-corrected chi connectivity index (χ2v) is 3.71. The number of esters is 1. The highest BCUT2D eigenvalue weighted by atomic mass is 16.5. The molecule has 2 aromatic rings. The number of hydrogen-bond donors (Lipinski definition) is 0. The lowest BCUT2D eigenvalue weighted by Crippen LogP contribution is -2.05. The Morgan fingerprint density at radius 1 is 1.42 bits per heavy atom. The summed E-state index contributed by atoms with van der Waals surface area (Å²) in [7, 11) is 0. The first kappa shape index (κ1) is 15.0. The zero-order chi connectivity index (χ0) is 14.4. The number of hydrogen-bond acceptors (Lipinski definition) is 3. The maximum atomic E-state index is 11.8. The zero-order valence-corrected chi connectivity index (χ0v) is 11.9. The lowest BCUT2D eigenvalue weighted by Gasteiger charge is -2.00. The molecule has 102 valence electrons. The van der Waals surface area contributed by atoms with E-state index in [1.165, 1.54) is 0 Å². The van der Waals surface area contributed by atoms with Gasteiger partial charge in [-0.3, -0.25) is 0 Å². The van der Waals surface area contributed by atoms with E-state index in [9.17, 15) is 4.79 Å². The summed E-state index contributed by atoms with van der Waals surface area (Å²) in [6, 6.07) is 5.61. The van der Waals surface area contributed by atoms with Gasteiger partial charge in [0.2, 0.25) is 0 Å². The van der Waals surface area contributed by atoms with Gasteiger partial charge in [0.05, 0.1) is 6.61 Å². The van der Waals surface area contributed by atoms with Crippen LogP contribution in [0.1, 0.15) is 42.5 Å². The normalized spacial score (nSPS) is 9.68. The molecule has 0 saturated heterocycles. The molecule has 1 aromatic carbocycles. The van der Waals surface area contributed by atoms with Crippen LogP contribution in [0, 0.1) is 6.92 Å². The van der Waals surface area contributed by atoms with Crippen LogP contribution in [0.2, 0.25) is 0 Å². The van der Waals surface area contributed by atoms with Gasteiger partial charge in [0, 0.05) is 5.39 Å². The molecular weight excluding hydrogens is 240 g/mol. The van der Waals surface area contributed by atoms with Crippen LogP contribution in [0.25, 0.3) is 17.0 Å². The van der Waals surface area contributed by atoms with E-state index in [1.807, 2.05) is 32.0 Å². The van der Waals surface area contributed by atoms with Crippen LogP contribution in [0.3, 0.4) is 0 Å². The van der Waals surface area contributed by atoms with Gasteiger partial charge in [0.15, 0.2) is 0 Å². The summed E-state index contributed by atoms with van der Waals surface area (Å²) < 4.78 is 10.6. The van der Waals surface area contributed by atoms with Gasteiger partial charge >= 0.3 is 5.97 Å². The first-order chi connectivity index (χ1) is 9.17. The number of fused-ring (bicyclic) bond motifs is 1. The second-order valence-electron chi connectivity index (χ2n) is 3.71. The van der Waals surface area contributed by atoms with Crippen molar-refractivity contribution in [2.45, 2.75) is 27.7 Å². The zero-order valence-electron chi connectivity index (χ0n) is 11.9. The molecule has 0 spiro atoms. The molecular formula is C16H20O3. The summed E-state index contributed by atoms with van der Waals surface area (Å²) in [6.07, 6.45) is 1.73. The Morgan fingerprint density at radius 3 is 2.68 bits per heavy atom. The largest absolute Gasteiger partial charge is 0.462 e. The van der Waals surface area contributed by atoms with Crippen molar-refractivity contribution in [2.24, 2.45) is 0 Å². The van der Waals surface area contributed by atoms with E-state index in [2.05, 4.69) is 6.58 Å². The SMILES string of the molecule is C=Cc1ccc2oc(C)c(C(=O)OCC)c2c1.CC. The van der Waals surface area contributed by atoms with Gasteiger partial charge < -0.3 is 9.15 Å². The maximum Gasteiger partial charge on any atom is 0.342 e. The molecule has 2 rings (SSSR count). The second kappa shape index (κ2) is 6.78. The van der Waals surface area contributed by atoms with Crippen molar-refractivity contribution in [3.05, 3.63) is 41.7 Å². The smallest absolute Gasteiger partial charge is 0.342 e.